The monoisotopic (exact) mass is 1890 g/mol. The molecule has 0 heterocycles. The maximum atomic E-state index is 2.49. The van der Waals surface area contributed by atoms with Crippen LogP contribution in [0.4, 0.5) is 0 Å². The van der Waals surface area contributed by atoms with Gasteiger partial charge in [-0.25, -0.2) is 0 Å². The summed E-state index contributed by atoms with van der Waals surface area (Å²) in [4.78, 5) is 0. The predicted molar refractivity (Wildman–Crippen MR) is 607 cm³/mol. The summed E-state index contributed by atoms with van der Waals surface area (Å²) in [7, 11) is 0. The third kappa shape index (κ3) is 40.5. The predicted octanol–water partition coefficient (Wildman–Crippen LogP) is 44.3. The Hall–Kier alpha value is -3.12. The molecule has 12 aliphatic rings. The number of aryl methyl sites for hydroxylation is 4. The van der Waals surface area contributed by atoms with Crippen molar-refractivity contribution in [3.63, 3.8) is 0 Å². The molecular formula is C138H228. The zero-order valence-corrected chi connectivity index (χ0v) is 93.1. The molecule has 0 bridgehead atoms. The van der Waals surface area contributed by atoms with Gasteiger partial charge in [0.15, 0.2) is 0 Å². The van der Waals surface area contributed by atoms with Gasteiger partial charge in [-0.15, -0.1) is 0 Å². The van der Waals surface area contributed by atoms with E-state index in [9.17, 15) is 0 Å². The van der Waals surface area contributed by atoms with E-state index in [1.165, 1.54) is 449 Å². The van der Waals surface area contributed by atoms with Crippen molar-refractivity contribution < 1.29 is 0 Å². The van der Waals surface area contributed by atoms with Crippen LogP contribution in [-0.4, -0.2) is 0 Å². The second kappa shape index (κ2) is 64.9. The lowest BCUT2D eigenvalue weighted by atomic mass is 9.74. The smallest absolute Gasteiger partial charge is 0.0162 e. The van der Waals surface area contributed by atoms with Gasteiger partial charge in [0.05, 0.1) is 0 Å². The van der Waals surface area contributed by atoms with Crippen LogP contribution in [0.1, 0.15) is 624 Å². The van der Waals surface area contributed by atoms with E-state index >= 15 is 0 Å². The summed E-state index contributed by atoms with van der Waals surface area (Å²) in [6.07, 6.45) is 121. The van der Waals surface area contributed by atoms with Crippen molar-refractivity contribution in [1.29, 1.82) is 0 Å². The average molecular weight is 1890 g/mol. The van der Waals surface area contributed by atoms with Crippen molar-refractivity contribution in [2.75, 3.05) is 0 Å². The van der Waals surface area contributed by atoms with Crippen LogP contribution in [0.2, 0.25) is 0 Å². The molecule has 0 saturated heterocycles. The van der Waals surface area contributed by atoms with Gasteiger partial charge in [-0.2, -0.15) is 0 Å². The van der Waals surface area contributed by atoms with Gasteiger partial charge < -0.3 is 0 Å². The van der Waals surface area contributed by atoms with Crippen molar-refractivity contribution in [2.45, 2.75) is 606 Å². The minimum Gasteiger partial charge on any atom is -0.0654 e. The Morgan fingerprint density at radius 2 is 0.275 bits per heavy atom. The minimum atomic E-state index is 0.836. The van der Waals surface area contributed by atoms with Crippen molar-refractivity contribution in [3.05, 3.63) is 142 Å². The molecule has 0 aliphatic heterocycles. The highest BCUT2D eigenvalue weighted by Crippen LogP contribution is 2.49. The lowest BCUT2D eigenvalue weighted by Gasteiger charge is -2.32. The Morgan fingerprint density at radius 3 is 0.442 bits per heavy atom. The Labute approximate surface area is 859 Å². The van der Waals surface area contributed by atoms with Gasteiger partial charge in [0, 0.05) is 0 Å². The van der Waals surface area contributed by atoms with Gasteiger partial charge in [-0.3, -0.25) is 0 Å². The SMILES string of the molecule is CCCCC[C@H]1CC[C@H](c2ccc(CC[C@H]3CC[C@H](CC[C@H]4CC[C@H](CCC)CC4)CC3)cc2)CC1.CCCC[C@H]1CC[C@H](c2ccc(CC[C@H]3CC[C@H](CC[C@H]4CC[C@H](CCC)CC4)CC3)cc2)CC1.CCC[C@H]1CC[C@H](CC[C@H]2CC[C@H](CCc3ccc([C@H]4CC[C@H](CC)CC4)cc3)CC2)CC1.CCC[C@H]1CC[C@H](CC[C@H]2CC[C@H](CCc3ccc([C@H]4CC[C@H](CCC)CC4)cc3)CC2)CC1. The van der Waals surface area contributed by atoms with Gasteiger partial charge in [0.25, 0.3) is 0 Å². The molecule has 16 rings (SSSR count). The van der Waals surface area contributed by atoms with Crippen LogP contribution in [0, 0.1) is 118 Å². The molecule has 138 heavy (non-hydrogen) atoms. The highest BCUT2D eigenvalue weighted by molar-refractivity contribution is 5.30. The van der Waals surface area contributed by atoms with E-state index in [2.05, 4.69) is 152 Å². The summed E-state index contributed by atoms with van der Waals surface area (Å²) in [6.45, 7) is 18.8. The molecule has 0 radical (unpaired) electrons. The molecule has 12 fully saturated rings. The molecule has 0 nitrogen and oxygen atoms in total. The first-order valence-electron chi connectivity index (χ1n) is 64.3. The lowest BCUT2D eigenvalue weighted by molar-refractivity contribution is 0.209. The summed E-state index contributed by atoms with van der Waals surface area (Å²) < 4.78 is 0. The Balaban J connectivity index is 0.000000155. The van der Waals surface area contributed by atoms with Crippen molar-refractivity contribution >= 4 is 0 Å². The summed E-state index contributed by atoms with van der Waals surface area (Å²) >= 11 is 0. The van der Waals surface area contributed by atoms with Crippen molar-refractivity contribution in [3.8, 4) is 0 Å². The zero-order chi connectivity index (χ0) is 95.8. The summed E-state index contributed by atoms with van der Waals surface area (Å²) in [6, 6.07) is 39.6. The quantitative estimate of drug-likeness (QED) is 0.0387. The van der Waals surface area contributed by atoms with E-state index in [4.69, 9.17) is 0 Å². The van der Waals surface area contributed by atoms with Gasteiger partial charge in [0.2, 0.25) is 0 Å². The highest BCUT2D eigenvalue weighted by Gasteiger charge is 2.34. The van der Waals surface area contributed by atoms with Crippen LogP contribution < -0.4 is 0 Å². The number of hydrogen-bond donors (Lipinski definition) is 0. The topological polar surface area (TPSA) is 0 Å². The third-order valence-electron chi connectivity index (χ3n) is 42.5. The molecule has 4 aromatic rings. The summed E-state index contributed by atoms with van der Waals surface area (Å²) in [5.41, 5.74) is 12.8. The molecule has 4 aromatic carbocycles. The highest BCUT2D eigenvalue weighted by atomic mass is 14.4. The molecule has 0 atom stereocenters. The normalized spacial score (nSPS) is 32.2. The van der Waals surface area contributed by atoms with E-state index in [0.717, 1.165) is 142 Å². The molecule has 0 amide bonds. The summed E-state index contributed by atoms with van der Waals surface area (Å²) in [5.74, 6) is 24.1. The molecule has 0 heteroatoms. The van der Waals surface area contributed by atoms with Gasteiger partial charge in [-0.1, -0.05) is 525 Å². The maximum Gasteiger partial charge on any atom is -0.0162 e. The maximum absolute atomic E-state index is 2.49. The van der Waals surface area contributed by atoms with Gasteiger partial charge in [-0.05, 0) is 341 Å². The molecule has 0 unspecified atom stereocenters. The van der Waals surface area contributed by atoms with Crippen LogP contribution in [0.15, 0.2) is 97.1 Å². The first kappa shape index (κ1) is 112. The van der Waals surface area contributed by atoms with Crippen LogP contribution >= 0.6 is 0 Å². The van der Waals surface area contributed by atoms with Crippen LogP contribution in [-0.2, 0) is 25.7 Å². The number of unbranched alkanes of at least 4 members (excludes halogenated alkanes) is 3. The Kier molecular flexibility index (Phi) is 52.7. The first-order valence-corrected chi connectivity index (χ1v) is 64.3. The average Bonchev–Trinajstić information content (AvgIpc) is 0.859. The second-order valence-electron chi connectivity index (χ2n) is 52.4. The number of rotatable bonds is 46. The van der Waals surface area contributed by atoms with Crippen LogP contribution in [0.25, 0.3) is 0 Å². The first-order chi connectivity index (χ1) is 67.9. The van der Waals surface area contributed by atoms with Crippen LogP contribution in [0.3, 0.4) is 0 Å². The Bertz CT molecular complexity index is 3580. The minimum absolute atomic E-state index is 0.836. The van der Waals surface area contributed by atoms with Crippen LogP contribution in [0.5, 0.6) is 0 Å². The van der Waals surface area contributed by atoms with E-state index in [1.54, 1.807) is 122 Å². The largest absolute Gasteiger partial charge is 0.0654 e. The van der Waals surface area contributed by atoms with E-state index in [0.29, 0.717) is 0 Å². The van der Waals surface area contributed by atoms with E-state index in [1.807, 2.05) is 0 Å². The molecule has 12 aliphatic carbocycles. The molecular weight excluding hydrogens is 1660 g/mol. The van der Waals surface area contributed by atoms with E-state index < -0.39 is 0 Å². The molecule has 0 spiro atoms. The molecule has 12 saturated carbocycles. The zero-order valence-electron chi connectivity index (χ0n) is 93.1. The number of benzene rings is 4. The van der Waals surface area contributed by atoms with E-state index in [-0.39, 0.29) is 0 Å². The Morgan fingerprint density at radius 1 is 0.130 bits per heavy atom. The van der Waals surface area contributed by atoms with Crippen molar-refractivity contribution in [1.82, 2.24) is 0 Å². The fourth-order valence-corrected chi connectivity index (χ4v) is 32.1. The summed E-state index contributed by atoms with van der Waals surface area (Å²) in [5, 5.41) is 0. The molecule has 780 valence electrons. The lowest BCUT2D eigenvalue weighted by Crippen LogP contribution is -2.18. The van der Waals surface area contributed by atoms with Gasteiger partial charge >= 0.3 is 0 Å². The third-order valence-corrected chi connectivity index (χ3v) is 42.5. The molecule has 0 N–H and O–H groups in total. The molecule has 0 aromatic heterocycles. The van der Waals surface area contributed by atoms with Crippen molar-refractivity contribution in [2.24, 2.45) is 118 Å². The van der Waals surface area contributed by atoms with Gasteiger partial charge in [0.1, 0.15) is 0 Å². The number of hydrogen-bond acceptors (Lipinski definition) is 0. The second-order valence-corrected chi connectivity index (χ2v) is 52.4. The fourth-order valence-electron chi connectivity index (χ4n) is 32.1. The standard InChI is InChI=1S/C36H60.C35H58.C34H56.C33H54/c1-3-5-6-8-30-21-25-35(26-22-30)36-27-23-34(24-28-36)20-19-33-17-15-32(16-18-33)14-13-31-11-9-29(7-4-2)10-12-31;1-3-5-7-29-20-24-34(25-21-29)35-26-22-33(23-27-35)19-18-32-16-14-31(15-17-32)13-12-30-10-8-28(6-4-2)9-11-30;1-3-5-27-7-9-29(10-8-27)11-12-30-13-15-31(16-14-30)17-18-32-21-25-34(26-22-32)33-23-19-28(6-4-2)20-24-33;1-3-5-27-6-8-28(9-7-27)10-11-29-12-14-30(15-13-29)16-17-31-20-24-33(25-21-31)32-22-18-26(4-2)19-23-32/h23-24,27-33,35H,3-22,25-26H2,1-2H3;22-23,26-32,34H,3-21,24-25H2,1-2H3;21-22,25-31,33H,3-20,23-24H2,1-2H3;20-21,24-30,32H,3-19,22-23H2,1-2H3/t29-,30-,31-,32-,33-,35-;28-,29-,30-,31-,32-,34-;27-,28-,29-,30-,31-,33-;26-,27-,28-,29-,30-,32-. The fraction of sp³-hybridized carbons (Fsp3) is 0.826.